The molecule has 132 valence electrons. The number of rotatable bonds is 7. The molecule has 1 aliphatic rings. The second-order valence-corrected chi connectivity index (χ2v) is 6.67. The van der Waals surface area contributed by atoms with Crippen molar-refractivity contribution in [2.24, 2.45) is 5.92 Å². The van der Waals surface area contributed by atoms with Crippen molar-refractivity contribution in [3.8, 4) is 0 Å². The van der Waals surface area contributed by atoms with Crippen LogP contribution in [0.3, 0.4) is 0 Å². The van der Waals surface area contributed by atoms with E-state index in [1.54, 1.807) is 6.26 Å². The normalized spacial score (nSPS) is 17.5. The van der Waals surface area contributed by atoms with Gasteiger partial charge < -0.3 is 15.1 Å². The molecule has 3 rings (SSSR count). The summed E-state index contributed by atoms with van der Waals surface area (Å²) < 4.78 is 5.30. The summed E-state index contributed by atoms with van der Waals surface area (Å²) >= 11 is 0. The fraction of sp³-hybridized carbons (Fsp3) is 0.400. The number of hydrogen-bond acceptors (Lipinski definition) is 3. The largest absolute Gasteiger partial charge is 0.469 e. The fourth-order valence-electron chi connectivity index (χ4n) is 3.18. The summed E-state index contributed by atoms with van der Waals surface area (Å²) in [6, 6.07) is 11.7. The first-order chi connectivity index (χ1) is 12.1. The predicted octanol–water partition coefficient (Wildman–Crippen LogP) is 3.31. The number of para-hydroxylation sites is 1. The van der Waals surface area contributed by atoms with Crippen molar-refractivity contribution >= 4 is 17.5 Å². The Morgan fingerprint density at radius 1 is 1.32 bits per heavy atom. The first-order valence-corrected chi connectivity index (χ1v) is 8.82. The number of carbonyl (C=O) groups is 2. The second kappa shape index (κ2) is 8.01. The fourth-order valence-corrected chi connectivity index (χ4v) is 3.18. The van der Waals surface area contributed by atoms with Gasteiger partial charge in [-0.2, -0.15) is 0 Å². The molecule has 1 aromatic carbocycles. The van der Waals surface area contributed by atoms with Gasteiger partial charge in [0.1, 0.15) is 5.76 Å². The van der Waals surface area contributed by atoms with E-state index < -0.39 is 0 Å². The Morgan fingerprint density at radius 2 is 2.16 bits per heavy atom. The monoisotopic (exact) mass is 340 g/mol. The molecular formula is C20H24N2O3. The molecule has 1 aliphatic heterocycles. The zero-order valence-corrected chi connectivity index (χ0v) is 14.5. The predicted molar refractivity (Wildman–Crippen MR) is 96.1 cm³/mol. The van der Waals surface area contributed by atoms with E-state index in [0.717, 1.165) is 29.9 Å². The van der Waals surface area contributed by atoms with Crippen LogP contribution in [0.2, 0.25) is 0 Å². The molecule has 1 aromatic heterocycles. The van der Waals surface area contributed by atoms with Crippen LogP contribution < -0.4 is 10.6 Å². The van der Waals surface area contributed by atoms with E-state index >= 15 is 0 Å². The molecule has 0 aliphatic carbocycles. The molecule has 0 spiro atoms. The van der Waals surface area contributed by atoms with Gasteiger partial charge in [-0.1, -0.05) is 18.2 Å². The lowest BCUT2D eigenvalue weighted by molar-refractivity contribution is -0.123. The molecule has 0 saturated carbocycles. The molecule has 0 bridgehead atoms. The minimum absolute atomic E-state index is 0.00129. The summed E-state index contributed by atoms with van der Waals surface area (Å²) in [6.45, 7) is 1.99. The van der Waals surface area contributed by atoms with Gasteiger partial charge >= 0.3 is 0 Å². The van der Waals surface area contributed by atoms with E-state index in [4.69, 9.17) is 4.42 Å². The van der Waals surface area contributed by atoms with E-state index in [1.165, 1.54) is 0 Å². The van der Waals surface area contributed by atoms with Crippen LogP contribution in [0.5, 0.6) is 0 Å². The van der Waals surface area contributed by atoms with Crippen molar-refractivity contribution < 1.29 is 14.0 Å². The Balaban J connectivity index is 1.42. The van der Waals surface area contributed by atoms with E-state index in [1.807, 2.05) is 43.3 Å². The Labute approximate surface area is 147 Å². The highest BCUT2D eigenvalue weighted by atomic mass is 16.3. The van der Waals surface area contributed by atoms with Crippen molar-refractivity contribution in [3.63, 3.8) is 0 Å². The maximum Gasteiger partial charge on any atom is 0.227 e. The highest BCUT2D eigenvalue weighted by Gasteiger charge is 2.26. The van der Waals surface area contributed by atoms with Crippen LogP contribution in [0, 0.1) is 5.92 Å². The molecule has 0 fully saturated rings. The van der Waals surface area contributed by atoms with Gasteiger partial charge in [0.25, 0.3) is 0 Å². The Kier molecular flexibility index (Phi) is 5.53. The molecule has 2 amide bonds. The summed E-state index contributed by atoms with van der Waals surface area (Å²) in [4.78, 5) is 24.3. The minimum Gasteiger partial charge on any atom is -0.469 e. The zero-order valence-electron chi connectivity index (χ0n) is 14.5. The highest BCUT2D eigenvalue weighted by Crippen LogP contribution is 2.27. The molecule has 5 heteroatoms. The van der Waals surface area contributed by atoms with Crippen LogP contribution in [-0.2, 0) is 22.4 Å². The Hall–Kier alpha value is -2.56. The number of furan rings is 1. The summed E-state index contributed by atoms with van der Waals surface area (Å²) in [5.41, 5.74) is 2.03. The minimum atomic E-state index is -0.140. The lowest BCUT2D eigenvalue weighted by Gasteiger charge is -2.24. The first-order valence-electron chi connectivity index (χ1n) is 8.82. The maximum atomic E-state index is 12.2. The Morgan fingerprint density at radius 3 is 2.96 bits per heavy atom. The van der Waals surface area contributed by atoms with Crippen LogP contribution in [0.1, 0.15) is 37.5 Å². The van der Waals surface area contributed by atoms with Crippen molar-refractivity contribution in [2.45, 2.75) is 45.1 Å². The molecular weight excluding hydrogens is 316 g/mol. The summed E-state index contributed by atoms with van der Waals surface area (Å²) in [5.74, 6) is 0.800. The SMILES string of the molecule is CC(CCc1ccco1)NC(=O)CCC1Cc2ccccc2NC1=O. The van der Waals surface area contributed by atoms with Gasteiger partial charge in [-0.05, 0) is 49.9 Å². The third-order valence-corrected chi connectivity index (χ3v) is 4.64. The van der Waals surface area contributed by atoms with Crippen LogP contribution >= 0.6 is 0 Å². The van der Waals surface area contributed by atoms with Crippen LogP contribution in [0.4, 0.5) is 5.69 Å². The molecule has 2 aromatic rings. The molecule has 25 heavy (non-hydrogen) atoms. The van der Waals surface area contributed by atoms with Gasteiger partial charge in [0, 0.05) is 30.5 Å². The quantitative estimate of drug-likeness (QED) is 0.812. The molecule has 0 radical (unpaired) electrons. The summed E-state index contributed by atoms with van der Waals surface area (Å²) in [5, 5.41) is 5.93. The van der Waals surface area contributed by atoms with Gasteiger partial charge in [-0.25, -0.2) is 0 Å². The highest BCUT2D eigenvalue weighted by molar-refractivity contribution is 5.96. The van der Waals surface area contributed by atoms with Crippen molar-refractivity contribution in [1.82, 2.24) is 5.32 Å². The average molecular weight is 340 g/mol. The molecule has 0 saturated heterocycles. The maximum absolute atomic E-state index is 12.2. The number of hydrogen-bond donors (Lipinski definition) is 2. The van der Waals surface area contributed by atoms with Crippen LogP contribution in [0.15, 0.2) is 47.1 Å². The number of benzene rings is 1. The van der Waals surface area contributed by atoms with Crippen molar-refractivity contribution in [1.29, 1.82) is 0 Å². The molecule has 2 heterocycles. The van der Waals surface area contributed by atoms with Gasteiger partial charge in [0.2, 0.25) is 11.8 Å². The van der Waals surface area contributed by atoms with E-state index in [9.17, 15) is 9.59 Å². The number of amides is 2. The summed E-state index contributed by atoms with van der Waals surface area (Å²) in [7, 11) is 0. The molecule has 2 unspecified atom stereocenters. The van der Waals surface area contributed by atoms with E-state index in [-0.39, 0.29) is 23.8 Å². The van der Waals surface area contributed by atoms with Gasteiger partial charge in [0.05, 0.1) is 6.26 Å². The van der Waals surface area contributed by atoms with Gasteiger partial charge in [-0.15, -0.1) is 0 Å². The summed E-state index contributed by atoms with van der Waals surface area (Å²) in [6.07, 6.45) is 4.92. The first kappa shape index (κ1) is 17.3. The molecule has 2 atom stereocenters. The van der Waals surface area contributed by atoms with Crippen molar-refractivity contribution in [3.05, 3.63) is 54.0 Å². The lowest BCUT2D eigenvalue weighted by Crippen LogP contribution is -2.35. The number of anilines is 1. The smallest absolute Gasteiger partial charge is 0.227 e. The van der Waals surface area contributed by atoms with Gasteiger partial charge in [-0.3, -0.25) is 9.59 Å². The molecule has 2 N–H and O–H groups in total. The van der Waals surface area contributed by atoms with Crippen LogP contribution in [-0.4, -0.2) is 17.9 Å². The number of carbonyl (C=O) groups excluding carboxylic acids is 2. The van der Waals surface area contributed by atoms with E-state index in [2.05, 4.69) is 10.6 Å². The lowest BCUT2D eigenvalue weighted by atomic mass is 9.89. The second-order valence-electron chi connectivity index (χ2n) is 6.67. The zero-order chi connectivity index (χ0) is 17.6. The Bertz CT molecular complexity index is 724. The standard InChI is InChI=1S/C20H24N2O3/c1-14(8-10-17-6-4-12-25-17)21-19(23)11-9-16-13-15-5-2-3-7-18(15)22-20(16)24/h2-7,12,14,16H,8-11,13H2,1H3,(H,21,23)(H,22,24). The van der Waals surface area contributed by atoms with E-state index in [0.29, 0.717) is 19.3 Å². The van der Waals surface area contributed by atoms with Crippen molar-refractivity contribution in [2.75, 3.05) is 5.32 Å². The average Bonchev–Trinajstić information content (AvgIpc) is 3.11. The van der Waals surface area contributed by atoms with Crippen LogP contribution in [0.25, 0.3) is 0 Å². The molecule has 5 nitrogen and oxygen atoms in total. The number of aryl methyl sites for hydroxylation is 1. The topological polar surface area (TPSA) is 71.3 Å². The third-order valence-electron chi connectivity index (χ3n) is 4.64. The number of nitrogens with one attached hydrogen (secondary N) is 2. The third kappa shape index (κ3) is 4.72. The number of fused-ring (bicyclic) bond motifs is 1. The van der Waals surface area contributed by atoms with Gasteiger partial charge in [0.15, 0.2) is 0 Å².